The van der Waals surface area contributed by atoms with Gasteiger partial charge >= 0.3 is 0 Å². The van der Waals surface area contributed by atoms with Crippen LogP contribution in [0.5, 0.6) is 5.75 Å². The van der Waals surface area contributed by atoms with Gasteiger partial charge in [-0.3, -0.25) is 4.99 Å². The van der Waals surface area contributed by atoms with E-state index in [1.54, 1.807) is 0 Å². The van der Waals surface area contributed by atoms with Crippen LogP contribution in [0.25, 0.3) is 0 Å². The number of para-hydroxylation sites is 1. The summed E-state index contributed by atoms with van der Waals surface area (Å²) in [4.78, 5) is 6.40. The Bertz CT molecular complexity index is 1370. The first-order valence-corrected chi connectivity index (χ1v) is 12.8. The van der Waals surface area contributed by atoms with Crippen LogP contribution in [0.3, 0.4) is 0 Å². The average Bonchev–Trinajstić information content (AvgIpc) is 3.01. The Morgan fingerprint density at radius 2 is 1.61 bits per heavy atom. The Labute approximate surface area is 210 Å². The van der Waals surface area contributed by atoms with Gasteiger partial charge < -0.3 is 4.74 Å². The van der Waals surface area contributed by atoms with Crippen LogP contribution in [0, 0.1) is 5.92 Å². The number of halogens is 2. The van der Waals surface area contributed by atoms with E-state index in [1.807, 2.05) is 48.2 Å². The van der Waals surface area contributed by atoms with Crippen LogP contribution in [-0.2, 0) is 0 Å². The molecule has 4 aromatic carbocycles. The predicted octanol–water partition coefficient (Wildman–Crippen LogP) is 8.82. The molecule has 0 spiro atoms. The molecule has 162 valence electrons. The number of nitrogens with zero attached hydrogens (tertiary/aromatic N) is 1. The lowest BCUT2D eigenvalue weighted by Crippen LogP contribution is -2.35. The van der Waals surface area contributed by atoms with Crippen LogP contribution < -0.4 is 4.74 Å². The summed E-state index contributed by atoms with van der Waals surface area (Å²) in [7, 11) is 0. The summed E-state index contributed by atoms with van der Waals surface area (Å²) < 4.78 is 7.75. The number of thioether (sulfide) groups is 1. The van der Waals surface area contributed by atoms with Crippen molar-refractivity contribution in [3.05, 3.63) is 123 Å². The maximum Gasteiger partial charge on any atom is 0.134 e. The van der Waals surface area contributed by atoms with Crippen molar-refractivity contribution in [3.63, 3.8) is 0 Å². The van der Waals surface area contributed by atoms with Crippen LogP contribution >= 0.6 is 39.3 Å². The number of fused-ring (bicyclic) bond motifs is 4. The lowest BCUT2D eigenvalue weighted by Gasteiger charge is -2.38. The molecule has 0 aromatic heterocycles. The highest BCUT2D eigenvalue weighted by Gasteiger charge is 2.44. The number of hydrogen-bond acceptors (Lipinski definition) is 3. The van der Waals surface area contributed by atoms with Gasteiger partial charge in [0, 0.05) is 25.2 Å². The molecule has 2 heterocycles. The number of ether oxygens (including phenoxy) is 1. The molecule has 0 fully saturated rings. The fraction of sp³-hybridized carbons (Fsp3) is 0.107. The summed E-state index contributed by atoms with van der Waals surface area (Å²) in [6.07, 6.45) is -0.189. The summed E-state index contributed by atoms with van der Waals surface area (Å²) in [6, 6.07) is 33.1. The van der Waals surface area contributed by atoms with Crippen LogP contribution in [0.4, 0.5) is 5.69 Å². The van der Waals surface area contributed by atoms with E-state index < -0.39 is 0 Å². The van der Waals surface area contributed by atoms with Crippen molar-refractivity contribution in [2.45, 2.75) is 16.2 Å². The molecule has 3 atom stereocenters. The molecule has 4 aromatic rings. The number of hydrogen-bond donors (Lipinski definition) is 0. The van der Waals surface area contributed by atoms with Gasteiger partial charge in [0.25, 0.3) is 0 Å². The van der Waals surface area contributed by atoms with Crippen LogP contribution in [-0.4, -0.2) is 5.71 Å². The molecule has 3 unspecified atom stereocenters. The molecule has 0 saturated heterocycles. The molecular formula is C28H19BrClNOS. The van der Waals surface area contributed by atoms with E-state index in [1.165, 1.54) is 0 Å². The van der Waals surface area contributed by atoms with Crippen molar-refractivity contribution in [3.8, 4) is 5.75 Å². The minimum atomic E-state index is -0.189. The third-order valence-electron chi connectivity index (χ3n) is 6.14. The zero-order valence-electron chi connectivity index (χ0n) is 17.5. The van der Waals surface area contributed by atoms with E-state index in [0.717, 1.165) is 48.2 Å². The van der Waals surface area contributed by atoms with Crippen molar-refractivity contribution < 1.29 is 4.74 Å². The van der Waals surface area contributed by atoms with E-state index >= 15 is 0 Å². The summed E-state index contributed by atoms with van der Waals surface area (Å²) in [5, 5.41) is 0.782. The van der Waals surface area contributed by atoms with E-state index in [9.17, 15) is 0 Å². The maximum absolute atomic E-state index is 6.79. The molecule has 0 aliphatic carbocycles. The third-order valence-corrected chi connectivity index (χ3v) is 8.36. The second kappa shape index (κ2) is 8.68. The van der Waals surface area contributed by atoms with Crippen molar-refractivity contribution in [1.82, 2.24) is 0 Å². The lowest BCUT2D eigenvalue weighted by atomic mass is 9.80. The average molecular weight is 533 g/mol. The zero-order valence-corrected chi connectivity index (χ0v) is 20.6. The number of benzene rings is 4. The Kier molecular flexibility index (Phi) is 5.53. The van der Waals surface area contributed by atoms with E-state index in [4.69, 9.17) is 21.3 Å². The SMILES string of the molecule is Clc1ccccc1C1Sc2cc(Br)ccc2N=C2c3ccccc3OC(c3ccccc3)C21. The van der Waals surface area contributed by atoms with Crippen LogP contribution in [0.1, 0.15) is 28.0 Å². The Morgan fingerprint density at radius 1 is 0.848 bits per heavy atom. The Hall–Kier alpha value is -2.53. The molecular weight excluding hydrogens is 514 g/mol. The first-order valence-electron chi connectivity index (χ1n) is 10.8. The van der Waals surface area contributed by atoms with Gasteiger partial charge in [-0.15, -0.1) is 11.8 Å². The first kappa shape index (κ1) is 21.0. The van der Waals surface area contributed by atoms with Crippen molar-refractivity contribution in [2.24, 2.45) is 10.9 Å². The van der Waals surface area contributed by atoms with Gasteiger partial charge in [0.15, 0.2) is 0 Å². The van der Waals surface area contributed by atoms with Crippen molar-refractivity contribution in [2.75, 3.05) is 0 Å². The molecule has 2 aliphatic heterocycles. The first-order chi connectivity index (χ1) is 16.2. The van der Waals surface area contributed by atoms with E-state index in [0.29, 0.717) is 0 Å². The van der Waals surface area contributed by atoms with Gasteiger partial charge in [-0.2, -0.15) is 0 Å². The van der Waals surface area contributed by atoms with Crippen LogP contribution in [0.2, 0.25) is 5.02 Å². The van der Waals surface area contributed by atoms with Gasteiger partial charge in [0.1, 0.15) is 11.9 Å². The number of aliphatic imine (C=N–C) groups is 1. The molecule has 0 bridgehead atoms. The highest BCUT2D eigenvalue weighted by Crippen LogP contribution is 2.56. The topological polar surface area (TPSA) is 21.6 Å². The smallest absolute Gasteiger partial charge is 0.134 e. The quantitative estimate of drug-likeness (QED) is 0.257. The van der Waals surface area contributed by atoms with Crippen molar-refractivity contribution >= 4 is 50.7 Å². The summed E-state index contributed by atoms with van der Waals surface area (Å²) >= 11 is 12.2. The minimum absolute atomic E-state index is 0.0200. The highest BCUT2D eigenvalue weighted by atomic mass is 79.9. The lowest BCUT2D eigenvalue weighted by molar-refractivity contribution is 0.156. The fourth-order valence-electron chi connectivity index (χ4n) is 4.65. The van der Waals surface area contributed by atoms with E-state index in [2.05, 4.69) is 76.6 Å². The minimum Gasteiger partial charge on any atom is -0.484 e. The molecule has 5 heteroatoms. The molecule has 2 nitrogen and oxygen atoms in total. The number of rotatable bonds is 2. The fourth-order valence-corrected chi connectivity index (χ4v) is 6.93. The second-order valence-corrected chi connectivity index (χ2v) is 10.6. The summed E-state index contributed by atoms with van der Waals surface area (Å²) in [5.74, 6) is 0.836. The predicted molar refractivity (Wildman–Crippen MR) is 140 cm³/mol. The normalized spacial score (nSPS) is 21.0. The van der Waals surface area contributed by atoms with E-state index in [-0.39, 0.29) is 17.3 Å². The molecule has 0 saturated carbocycles. The molecule has 2 aliphatic rings. The standard InChI is InChI=1S/C28H19BrClNOS/c29-18-14-15-22-24(16-18)33-28(19-10-4-6-12-21(19)30)25-26(31-22)20-11-5-7-13-23(20)32-27(25)17-8-2-1-3-9-17/h1-16,25,27-28H. The van der Waals surface area contributed by atoms with Gasteiger partial charge in [0.2, 0.25) is 0 Å². The molecule has 33 heavy (non-hydrogen) atoms. The molecule has 6 rings (SSSR count). The zero-order chi connectivity index (χ0) is 22.4. The van der Waals surface area contributed by atoms with Gasteiger partial charge in [-0.05, 0) is 47.5 Å². The summed E-state index contributed by atoms with van der Waals surface area (Å²) in [5.41, 5.74) is 5.29. The molecule has 0 N–H and O–H groups in total. The monoisotopic (exact) mass is 531 g/mol. The maximum atomic E-state index is 6.79. The summed E-state index contributed by atoms with van der Waals surface area (Å²) in [6.45, 7) is 0. The Balaban J connectivity index is 1.64. The Morgan fingerprint density at radius 3 is 2.45 bits per heavy atom. The molecule has 0 amide bonds. The van der Waals surface area contributed by atoms with Gasteiger partial charge in [-0.1, -0.05) is 88.2 Å². The second-order valence-electron chi connectivity index (χ2n) is 8.14. The van der Waals surface area contributed by atoms with Gasteiger partial charge in [0.05, 0.1) is 17.3 Å². The largest absolute Gasteiger partial charge is 0.484 e. The molecule has 0 radical (unpaired) electrons. The van der Waals surface area contributed by atoms with Gasteiger partial charge in [-0.25, -0.2) is 0 Å². The third kappa shape index (κ3) is 3.80. The van der Waals surface area contributed by atoms with Crippen molar-refractivity contribution in [1.29, 1.82) is 0 Å². The van der Waals surface area contributed by atoms with Crippen LogP contribution in [0.15, 0.2) is 111 Å². The highest BCUT2D eigenvalue weighted by molar-refractivity contribution is 9.10.